The van der Waals surface area contributed by atoms with E-state index in [0.29, 0.717) is 0 Å². The number of hydrogen-bond acceptors (Lipinski definition) is 3. The third-order valence-corrected chi connectivity index (χ3v) is 1.71. The molecule has 0 unspecified atom stereocenters. The van der Waals surface area contributed by atoms with Gasteiger partial charge in [-0.2, -0.15) is 12.8 Å². The van der Waals surface area contributed by atoms with Crippen molar-refractivity contribution in [2.75, 3.05) is 0 Å². The van der Waals surface area contributed by atoms with Gasteiger partial charge < -0.3 is 28.5 Å². The summed E-state index contributed by atoms with van der Waals surface area (Å²) in [5.74, 6) is 0. The Labute approximate surface area is 149 Å². The predicted molar refractivity (Wildman–Crippen MR) is 78.3 cm³/mol. The first kappa shape index (κ1) is 27.3. The standard InChI is InChI=1S/2C6H13.Ba.H3O3P/c2*1-3-5-6-4-2;;1-4(2)3/h2*1,3-6H2,2H3;;1-3H/q2*-1;+2;. The first-order valence-electron chi connectivity index (χ1n) is 6.01. The predicted octanol–water partition coefficient (Wildman–Crippen LogP) is 3.61. The van der Waals surface area contributed by atoms with Crippen LogP contribution in [0.3, 0.4) is 0 Å². The van der Waals surface area contributed by atoms with Gasteiger partial charge in [0, 0.05) is 0 Å². The van der Waals surface area contributed by atoms with E-state index in [-0.39, 0.29) is 48.9 Å². The van der Waals surface area contributed by atoms with Gasteiger partial charge in [0.2, 0.25) is 0 Å². The average molecular weight is 390 g/mol. The van der Waals surface area contributed by atoms with E-state index in [9.17, 15) is 0 Å². The minimum Gasteiger partial charge on any atom is -0.343 e. The molecule has 0 aromatic rings. The summed E-state index contributed by atoms with van der Waals surface area (Å²) in [6.07, 6.45) is 10.1. The van der Waals surface area contributed by atoms with Gasteiger partial charge in [-0.25, -0.2) is 0 Å². The molecule has 0 saturated carbocycles. The summed E-state index contributed by atoms with van der Waals surface area (Å²) in [6.45, 7) is 11.9. The zero-order chi connectivity index (χ0) is 13.2. The van der Waals surface area contributed by atoms with Crippen LogP contribution in [0.15, 0.2) is 0 Å². The molecule has 0 aliphatic heterocycles. The average Bonchev–Trinajstić information content (AvgIpc) is 2.23. The van der Waals surface area contributed by atoms with E-state index in [4.69, 9.17) is 14.7 Å². The first-order chi connectivity index (χ1) is 7.56. The molecule has 0 aliphatic carbocycles. The Morgan fingerprint density at radius 1 is 0.765 bits per heavy atom. The minimum atomic E-state index is -2.62. The summed E-state index contributed by atoms with van der Waals surface area (Å²) in [7, 11) is -2.62. The summed E-state index contributed by atoms with van der Waals surface area (Å²) in [5.41, 5.74) is 0. The molecule has 0 aromatic heterocycles. The van der Waals surface area contributed by atoms with Crippen LogP contribution in [0.2, 0.25) is 0 Å². The van der Waals surface area contributed by atoms with Crippen molar-refractivity contribution in [2.45, 2.75) is 65.2 Å². The van der Waals surface area contributed by atoms with Crippen molar-refractivity contribution in [3.63, 3.8) is 0 Å². The van der Waals surface area contributed by atoms with Gasteiger partial charge in [-0.05, 0) is 0 Å². The van der Waals surface area contributed by atoms with Gasteiger partial charge in [-0.1, -0.05) is 52.4 Å². The molecule has 5 heteroatoms. The van der Waals surface area contributed by atoms with Gasteiger partial charge >= 0.3 is 57.5 Å². The molecule has 0 aliphatic rings. The zero-order valence-corrected chi connectivity index (χ0v) is 16.9. The van der Waals surface area contributed by atoms with Crippen molar-refractivity contribution in [2.24, 2.45) is 0 Å². The molecule has 3 nitrogen and oxygen atoms in total. The number of rotatable bonds is 6. The Hall–Kier alpha value is 1.88. The van der Waals surface area contributed by atoms with Crippen LogP contribution in [0.5, 0.6) is 0 Å². The maximum atomic E-state index is 7.23. The van der Waals surface area contributed by atoms with E-state index in [1.54, 1.807) is 0 Å². The van der Waals surface area contributed by atoms with Gasteiger partial charge in [0.1, 0.15) is 0 Å². The fourth-order valence-electron chi connectivity index (χ4n) is 0.854. The Balaban J connectivity index is -0.0000000741. The molecule has 17 heavy (non-hydrogen) atoms. The number of unbranched alkanes of at least 4 members (excludes halogenated alkanes) is 6. The maximum Gasteiger partial charge on any atom is 2.00 e. The largest absolute Gasteiger partial charge is 2.00 e. The van der Waals surface area contributed by atoms with Crippen molar-refractivity contribution < 1.29 is 14.7 Å². The second-order valence-electron chi connectivity index (χ2n) is 3.39. The summed E-state index contributed by atoms with van der Waals surface area (Å²) >= 11 is 0. The van der Waals surface area contributed by atoms with Gasteiger partial charge in [0.15, 0.2) is 0 Å². The monoisotopic (exact) mass is 390 g/mol. The fraction of sp³-hybridized carbons (Fsp3) is 0.833. The Bertz CT molecular complexity index is 77.1. The molecule has 102 valence electrons. The van der Waals surface area contributed by atoms with Crippen LogP contribution in [0, 0.1) is 13.8 Å². The molecule has 0 heterocycles. The summed E-state index contributed by atoms with van der Waals surface area (Å²) in [6, 6.07) is 0. The molecule has 0 spiro atoms. The SMILES string of the molecule is OP(O)O.[Ba+2].[CH2-]CCCCC.[CH2-]CCCCC. The zero-order valence-electron chi connectivity index (χ0n) is 11.6. The fourth-order valence-corrected chi connectivity index (χ4v) is 0.854. The maximum absolute atomic E-state index is 7.23. The van der Waals surface area contributed by atoms with Crippen LogP contribution in [-0.2, 0) is 0 Å². The second-order valence-corrected chi connectivity index (χ2v) is 3.93. The molecule has 0 bridgehead atoms. The van der Waals surface area contributed by atoms with E-state index in [0.717, 1.165) is 12.8 Å². The summed E-state index contributed by atoms with van der Waals surface area (Å²) < 4.78 is 0. The van der Waals surface area contributed by atoms with Crippen molar-refractivity contribution in [3.8, 4) is 0 Å². The van der Waals surface area contributed by atoms with Crippen LogP contribution in [0.4, 0.5) is 0 Å². The Morgan fingerprint density at radius 3 is 1.06 bits per heavy atom. The smallest absolute Gasteiger partial charge is 0.343 e. The van der Waals surface area contributed by atoms with E-state index in [1.807, 2.05) is 0 Å². The van der Waals surface area contributed by atoms with Crippen LogP contribution < -0.4 is 0 Å². The van der Waals surface area contributed by atoms with E-state index in [2.05, 4.69) is 27.7 Å². The van der Waals surface area contributed by atoms with Gasteiger partial charge in [0.05, 0.1) is 0 Å². The van der Waals surface area contributed by atoms with Crippen molar-refractivity contribution >= 4 is 57.5 Å². The molecular weight excluding hydrogens is 360 g/mol. The van der Waals surface area contributed by atoms with E-state index in [1.165, 1.54) is 38.5 Å². The third-order valence-electron chi connectivity index (χ3n) is 1.71. The molecule has 3 N–H and O–H groups in total. The van der Waals surface area contributed by atoms with Crippen LogP contribution >= 0.6 is 8.60 Å². The first-order valence-corrected chi connectivity index (χ1v) is 7.21. The summed E-state index contributed by atoms with van der Waals surface area (Å²) in [4.78, 5) is 21.7. The van der Waals surface area contributed by atoms with Crippen molar-refractivity contribution in [1.82, 2.24) is 0 Å². The van der Waals surface area contributed by atoms with Gasteiger partial charge in [0.25, 0.3) is 0 Å². The minimum absolute atomic E-state index is 0. The molecule has 0 fully saturated rings. The van der Waals surface area contributed by atoms with E-state index >= 15 is 0 Å². The number of hydrogen-bond donors (Lipinski definition) is 3. The van der Waals surface area contributed by atoms with Gasteiger partial charge in [-0.3, -0.25) is 0 Å². The quantitative estimate of drug-likeness (QED) is 0.281. The Morgan fingerprint density at radius 2 is 1.00 bits per heavy atom. The van der Waals surface area contributed by atoms with Gasteiger partial charge in [-0.15, -0.1) is 0 Å². The van der Waals surface area contributed by atoms with Crippen LogP contribution in [0.1, 0.15) is 65.2 Å². The van der Waals surface area contributed by atoms with Crippen LogP contribution in [0.25, 0.3) is 0 Å². The molecule has 0 rings (SSSR count). The third kappa shape index (κ3) is 72.6. The second kappa shape index (κ2) is 30.7. The summed E-state index contributed by atoms with van der Waals surface area (Å²) in [5, 5.41) is 0. The molecular formula is C12H29BaO3P. The van der Waals surface area contributed by atoms with Crippen molar-refractivity contribution in [3.05, 3.63) is 13.8 Å². The normalized spacial score (nSPS) is 8.47. The molecule has 0 amide bonds. The van der Waals surface area contributed by atoms with Crippen molar-refractivity contribution in [1.29, 1.82) is 0 Å². The topological polar surface area (TPSA) is 60.7 Å². The Kier molecular flexibility index (Phi) is 49.2. The van der Waals surface area contributed by atoms with Crippen LogP contribution in [-0.4, -0.2) is 63.6 Å². The molecule has 0 aromatic carbocycles. The molecule has 0 atom stereocenters. The molecule has 0 saturated heterocycles. The van der Waals surface area contributed by atoms with E-state index < -0.39 is 8.60 Å². The molecule has 0 radical (unpaired) electrons.